The zero-order valence-corrected chi connectivity index (χ0v) is 7.99. The summed E-state index contributed by atoms with van der Waals surface area (Å²) in [6.07, 6.45) is 5.83. The van der Waals surface area contributed by atoms with Crippen molar-refractivity contribution in [3.05, 3.63) is 0 Å². The summed E-state index contributed by atoms with van der Waals surface area (Å²) in [5, 5.41) is 4.51. The highest BCUT2D eigenvalue weighted by molar-refractivity contribution is 9.09. The zero-order valence-electron chi connectivity index (χ0n) is 6.41. The Morgan fingerprint density at radius 2 is 2.00 bits per heavy atom. The molecule has 0 aromatic rings. The Bertz CT molecular complexity index is 79.3. The summed E-state index contributed by atoms with van der Waals surface area (Å²) < 4.78 is 0. The Balaban J connectivity index is 1.91. The second-order valence-electron chi connectivity index (χ2n) is 3.04. The van der Waals surface area contributed by atoms with Gasteiger partial charge in [-0.15, -0.1) is 0 Å². The molecule has 1 saturated carbocycles. The molecule has 10 heavy (non-hydrogen) atoms. The molecule has 1 fully saturated rings. The quantitative estimate of drug-likeness (QED) is 0.549. The largest absolute Gasteiger partial charge is 0.316 e. The van der Waals surface area contributed by atoms with Gasteiger partial charge in [-0.25, -0.2) is 0 Å². The molecule has 1 N–H and O–H groups in total. The third-order valence-electron chi connectivity index (χ3n) is 2.18. The third kappa shape index (κ3) is 3.02. The van der Waals surface area contributed by atoms with Crippen molar-refractivity contribution in [1.82, 2.24) is 5.32 Å². The van der Waals surface area contributed by atoms with Crippen molar-refractivity contribution in [2.75, 3.05) is 18.4 Å². The molecule has 0 saturated heterocycles. The van der Waals surface area contributed by atoms with E-state index in [0.717, 1.165) is 17.8 Å². The van der Waals surface area contributed by atoms with Gasteiger partial charge < -0.3 is 5.32 Å². The molecule has 0 aromatic carbocycles. The van der Waals surface area contributed by atoms with Crippen molar-refractivity contribution in [2.45, 2.75) is 25.7 Å². The molecule has 60 valence electrons. The van der Waals surface area contributed by atoms with E-state index in [1.165, 1.54) is 32.2 Å². The minimum absolute atomic E-state index is 0.985. The van der Waals surface area contributed by atoms with Crippen molar-refractivity contribution in [1.29, 1.82) is 0 Å². The minimum atomic E-state index is 0.985. The van der Waals surface area contributed by atoms with Crippen LogP contribution in [-0.4, -0.2) is 18.4 Å². The number of hydrogen-bond donors (Lipinski definition) is 1. The molecule has 0 unspecified atom stereocenters. The average Bonchev–Trinajstić information content (AvgIpc) is 2.41. The molecule has 0 bridgehead atoms. The molecule has 0 aromatic heterocycles. The van der Waals surface area contributed by atoms with Gasteiger partial charge in [0.25, 0.3) is 0 Å². The molecule has 1 rings (SSSR count). The second-order valence-corrected chi connectivity index (χ2v) is 3.84. The van der Waals surface area contributed by atoms with Gasteiger partial charge in [-0.3, -0.25) is 0 Å². The van der Waals surface area contributed by atoms with E-state index in [2.05, 4.69) is 21.2 Å². The highest BCUT2D eigenvalue weighted by Gasteiger charge is 2.13. The molecular formula is C8H16BrN. The van der Waals surface area contributed by atoms with Gasteiger partial charge in [0.2, 0.25) is 0 Å². The standard InChI is InChI=1S/C8H16BrN/c9-5-6-10-7-8-3-1-2-4-8/h8,10H,1-7H2. The summed E-state index contributed by atoms with van der Waals surface area (Å²) in [6, 6.07) is 0. The average molecular weight is 206 g/mol. The Labute approximate surface area is 71.7 Å². The Morgan fingerprint density at radius 1 is 1.30 bits per heavy atom. The fourth-order valence-electron chi connectivity index (χ4n) is 1.59. The summed E-state index contributed by atoms with van der Waals surface area (Å²) in [7, 11) is 0. The molecule has 1 aliphatic rings. The van der Waals surface area contributed by atoms with Gasteiger partial charge in [0.05, 0.1) is 0 Å². The summed E-state index contributed by atoms with van der Waals surface area (Å²) in [6.45, 7) is 2.36. The maximum absolute atomic E-state index is 3.43. The second kappa shape index (κ2) is 5.14. The lowest BCUT2D eigenvalue weighted by molar-refractivity contribution is 0.500. The molecule has 0 atom stereocenters. The predicted octanol–water partition coefficient (Wildman–Crippen LogP) is 2.16. The van der Waals surface area contributed by atoms with Crippen molar-refractivity contribution in [3.63, 3.8) is 0 Å². The lowest BCUT2D eigenvalue weighted by atomic mass is 10.1. The van der Waals surface area contributed by atoms with Crippen LogP contribution in [0.3, 0.4) is 0 Å². The van der Waals surface area contributed by atoms with Gasteiger partial charge in [-0.05, 0) is 25.3 Å². The molecular weight excluding hydrogens is 190 g/mol. The van der Waals surface area contributed by atoms with Crippen LogP contribution in [-0.2, 0) is 0 Å². The first-order valence-corrected chi connectivity index (χ1v) is 5.32. The van der Waals surface area contributed by atoms with Crippen molar-refractivity contribution < 1.29 is 0 Å². The van der Waals surface area contributed by atoms with Crippen molar-refractivity contribution in [3.8, 4) is 0 Å². The van der Waals surface area contributed by atoms with E-state index in [1.807, 2.05) is 0 Å². The lowest BCUT2D eigenvalue weighted by Crippen LogP contribution is -2.22. The van der Waals surface area contributed by atoms with Gasteiger partial charge in [0.15, 0.2) is 0 Å². The summed E-state index contributed by atoms with van der Waals surface area (Å²) in [5.74, 6) is 0.985. The molecule has 0 amide bonds. The molecule has 0 spiro atoms. The van der Waals surface area contributed by atoms with E-state index in [1.54, 1.807) is 0 Å². The zero-order chi connectivity index (χ0) is 7.23. The fraction of sp³-hybridized carbons (Fsp3) is 1.00. The molecule has 0 radical (unpaired) electrons. The van der Waals surface area contributed by atoms with Gasteiger partial charge in [-0.1, -0.05) is 28.8 Å². The summed E-state index contributed by atoms with van der Waals surface area (Å²) in [5.41, 5.74) is 0. The number of rotatable bonds is 4. The van der Waals surface area contributed by atoms with E-state index in [0.29, 0.717) is 0 Å². The van der Waals surface area contributed by atoms with E-state index < -0.39 is 0 Å². The first kappa shape index (κ1) is 8.54. The first-order chi connectivity index (χ1) is 4.93. The molecule has 1 nitrogen and oxygen atoms in total. The van der Waals surface area contributed by atoms with Gasteiger partial charge in [-0.2, -0.15) is 0 Å². The monoisotopic (exact) mass is 205 g/mol. The molecule has 2 heteroatoms. The highest BCUT2D eigenvalue weighted by atomic mass is 79.9. The number of hydrogen-bond acceptors (Lipinski definition) is 1. The SMILES string of the molecule is BrCCNCC1CCCC1. The van der Waals surface area contributed by atoms with E-state index >= 15 is 0 Å². The lowest BCUT2D eigenvalue weighted by Gasteiger charge is -2.08. The number of nitrogens with one attached hydrogen (secondary N) is 1. The van der Waals surface area contributed by atoms with Gasteiger partial charge >= 0.3 is 0 Å². The van der Waals surface area contributed by atoms with Crippen LogP contribution in [0.25, 0.3) is 0 Å². The van der Waals surface area contributed by atoms with Gasteiger partial charge in [0, 0.05) is 11.9 Å². The van der Waals surface area contributed by atoms with Crippen molar-refractivity contribution in [2.24, 2.45) is 5.92 Å². The number of halogens is 1. The maximum Gasteiger partial charge on any atom is 0.0157 e. The van der Waals surface area contributed by atoms with Gasteiger partial charge in [0.1, 0.15) is 0 Å². The number of alkyl halides is 1. The summed E-state index contributed by atoms with van der Waals surface area (Å²) in [4.78, 5) is 0. The van der Waals surface area contributed by atoms with Crippen LogP contribution < -0.4 is 5.32 Å². The van der Waals surface area contributed by atoms with Crippen LogP contribution in [0, 0.1) is 5.92 Å². The summed E-state index contributed by atoms with van der Waals surface area (Å²) >= 11 is 3.40. The molecule has 0 heterocycles. The normalized spacial score (nSPS) is 20.1. The Morgan fingerprint density at radius 3 is 2.60 bits per heavy atom. The molecule has 1 aliphatic carbocycles. The fourth-order valence-corrected chi connectivity index (χ4v) is 1.87. The highest BCUT2D eigenvalue weighted by Crippen LogP contribution is 2.23. The van der Waals surface area contributed by atoms with Crippen LogP contribution in [0.1, 0.15) is 25.7 Å². The third-order valence-corrected chi connectivity index (χ3v) is 2.58. The maximum atomic E-state index is 3.43. The van der Waals surface area contributed by atoms with Crippen LogP contribution >= 0.6 is 15.9 Å². The van der Waals surface area contributed by atoms with Crippen LogP contribution in [0.5, 0.6) is 0 Å². The smallest absolute Gasteiger partial charge is 0.0157 e. The van der Waals surface area contributed by atoms with E-state index in [9.17, 15) is 0 Å². The Kier molecular flexibility index (Phi) is 4.39. The van der Waals surface area contributed by atoms with Crippen LogP contribution in [0.2, 0.25) is 0 Å². The minimum Gasteiger partial charge on any atom is -0.316 e. The Hall–Kier alpha value is 0.440. The topological polar surface area (TPSA) is 12.0 Å². The van der Waals surface area contributed by atoms with E-state index in [-0.39, 0.29) is 0 Å². The predicted molar refractivity (Wildman–Crippen MR) is 48.6 cm³/mol. The first-order valence-electron chi connectivity index (χ1n) is 4.20. The van der Waals surface area contributed by atoms with Crippen molar-refractivity contribution >= 4 is 15.9 Å². The van der Waals surface area contributed by atoms with Crippen LogP contribution in [0.15, 0.2) is 0 Å². The van der Waals surface area contributed by atoms with E-state index in [4.69, 9.17) is 0 Å². The molecule has 0 aliphatic heterocycles. The van der Waals surface area contributed by atoms with Crippen LogP contribution in [0.4, 0.5) is 0 Å².